The van der Waals surface area contributed by atoms with Gasteiger partial charge < -0.3 is 14.8 Å². The van der Waals surface area contributed by atoms with E-state index in [0.29, 0.717) is 16.5 Å². The number of carbonyl (C=O) groups excluding carboxylic acids is 1. The fourth-order valence-electron chi connectivity index (χ4n) is 2.81. The molecular weight excluding hydrogens is 282 g/mol. The van der Waals surface area contributed by atoms with Crippen LogP contribution in [0.25, 0.3) is 11.0 Å². The first-order valence-corrected chi connectivity index (χ1v) is 6.80. The molecule has 108 valence electrons. The van der Waals surface area contributed by atoms with Gasteiger partial charge in [-0.1, -0.05) is 24.3 Å². The lowest BCUT2D eigenvalue weighted by atomic mass is 9.99. The molecule has 2 N–H and O–H groups in total. The molecule has 5 nitrogen and oxygen atoms in total. The molecule has 0 fully saturated rings. The summed E-state index contributed by atoms with van der Waals surface area (Å²) >= 11 is 0. The highest BCUT2D eigenvalue weighted by Crippen LogP contribution is 2.31. The molecule has 0 radical (unpaired) electrons. The summed E-state index contributed by atoms with van der Waals surface area (Å²) in [5.74, 6) is -0.311. The molecule has 2 aromatic carbocycles. The van der Waals surface area contributed by atoms with E-state index in [2.05, 4.69) is 5.32 Å². The predicted molar refractivity (Wildman–Crippen MR) is 79.9 cm³/mol. The standard InChI is InChI=1S/C17H11NO4/c19-10-5-3-4-9(8-10)14-13-15(20)11-6-1-2-7-12(11)22-16(13)17(21)18-14/h1-8,14,19H,(H,18,21). The maximum atomic E-state index is 12.7. The Bertz CT molecular complexity index is 974. The van der Waals surface area contributed by atoms with Gasteiger partial charge in [0.2, 0.25) is 5.76 Å². The first-order chi connectivity index (χ1) is 10.6. The molecular formula is C17H11NO4. The third-order valence-electron chi connectivity index (χ3n) is 3.81. The fraction of sp³-hybridized carbons (Fsp3) is 0.0588. The lowest BCUT2D eigenvalue weighted by Crippen LogP contribution is -2.21. The summed E-state index contributed by atoms with van der Waals surface area (Å²) in [6, 6.07) is 12.7. The zero-order valence-corrected chi connectivity index (χ0v) is 11.4. The van der Waals surface area contributed by atoms with Crippen LogP contribution in [0.2, 0.25) is 0 Å². The van der Waals surface area contributed by atoms with Crippen LogP contribution in [0.1, 0.15) is 27.7 Å². The van der Waals surface area contributed by atoms with Gasteiger partial charge in [-0.15, -0.1) is 0 Å². The van der Waals surface area contributed by atoms with E-state index in [1.165, 1.54) is 12.1 Å². The van der Waals surface area contributed by atoms with Crippen molar-refractivity contribution in [2.45, 2.75) is 6.04 Å². The average molecular weight is 293 g/mol. The van der Waals surface area contributed by atoms with Gasteiger partial charge in [-0.25, -0.2) is 0 Å². The largest absolute Gasteiger partial charge is 0.508 e. The van der Waals surface area contributed by atoms with Gasteiger partial charge in [0, 0.05) is 0 Å². The van der Waals surface area contributed by atoms with Crippen molar-refractivity contribution in [2.24, 2.45) is 0 Å². The molecule has 1 unspecified atom stereocenters. The molecule has 0 aliphatic carbocycles. The Balaban J connectivity index is 2.01. The van der Waals surface area contributed by atoms with Crippen molar-refractivity contribution in [3.63, 3.8) is 0 Å². The summed E-state index contributed by atoms with van der Waals surface area (Å²) < 4.78 is 5.60. The van der Waals surface area contributed by atoms with Crippen molar-refractivity contribution < 1.29 is 14.3 Å². The number of rotatable bonds is 1. The van der Waals surface area contributed by atoms with Crippen LogP contribution in [-0.4, -0.2) is 11.0 Å². The van der Waals surface area contributed by atoms with Crippen LogP contribution in [-0.2, 0) is 0 Å². The summed E-state index contributed by atoms with van der Waals surface area (Å²) in [7, 11) is 0. The molecule has 1 aromatic heterocycles. The normalized spacial score (nSPS) is 16.5. The van der Waals surface area contributed by atoms with Gasteiger partial charge in [-0.3, -0.25) is 9.59 Å². The maximum Gasteiger partial charge on any atom is 0.288 e. The Morgan fingerprint density at radius 2 is 1.86 bits per heavy atom. The third kappa shape index (κ3) is 1.72. The predicted octanol–water partition coefficient (Wildman–Crippen LogP) is 2.33. The first kappa shape index (κ1) is 12.6. The molecule has 4 rings (SSSR count). The number of para-hydroxylation sites is 1. The van der Waals surface area contributed by atoms with E-state index >= 15 is 0 Å². The first-order valence-electron chi connectivity index (χ1n) is 6.80. The number of phenolic OH excluding ortho intramolecular Hbond substituents is 1. The van der Waals surface area contributed by atoms with Crippen molar-refractivity contribution in [3.05, 3.63) is 75.6 Å². The summed E-state index contributed by atoms with van der Waals surface area (Å²) in [5.41, 5.74) is 1.07. The molecule has 22 heavy (non-hydrogen) atoms. The second-order valence-electron chi connectivity index (χ2n) is 5.17. The highest BCUT2D eigenvalue weighted by molar-refractivity contribution is 5.98. The van der Waals surface area contributed by atoms with Gasteiger partial charge in [-0.05, 0) is 29.8 Å². The quantitative estimate of drug-likeness (QED) is 0.721. The Hall–Kier alpha value is -3.08. The molecule has 1 amide bonds. The highest BCUT2D eigenvalue weighted by atomic mass is 16.3. The fourth-order valence-corrected chi connectivity index (χ4v) is 2.81. The minimum absolute atomic E-state index is 0.0389. The van der Waals surface area contributed by atoms with E-state index in [1.54, 1.807) is 36.4 Å². The van der Waals surface area contributed by atoms with Crippen LogP contribution in [0, 0.1) is 0 Å². The number of phenols is 1. The number of nitrogens with one attached hydrogen (secondary N) is 1. The van der Waals surface area contributed by atoms with Crippen molar-refractivity contribution >= 4 is 16.9 Å². The second-order valence-corrected chi connectivity index (χ2v) is 5.17. The molecule has 0 spiro atoms. The second kappa shape index (κ2) is 4.46. The van der Waals surface area contributed by atoms with Crippen LogP contribution in [0.15, 0.2) is 57.7 Å². The van der Waals surface area contributed by atoms with Crippen LogP contribution in [0.5, 0.6) is 5.75 Å². The topological polar surface area (TPSA) is 79.5 Å². The summed E-state index contributed by atoms with van der Waals surface area (Å²) in [5, 5.41) is 12.8. The molecule has 1 atom stereocenters. The molecule has 0 saturated carbocycles. The van der Waals surface area contributed by atoms with Gasteiger partial charge >= 0.3 is 0 Å². The van der Waals surface area contributed by atoms with Crippen LogP contribution >= 0.6 is 0 Å². The summed E-state index contributed by atoms with van der Waals surface area (Å²) in [4.78, 5) is 24.8. The van der Waals surface area contributed by atoms with Gasteiger partial charge in [-0.2, -0.15) is 0 Å². The number of hydrogen-bond acceptors (Lipinski definition) is 4. The van der Waals surface area contributed by atoms with Crippen molar-refractivity contribution in [1.29, 1.82) is 0 Å². The molecule has 1 aliphatic heterocycles. The molecule has 0 saturated heterocycles. The third-order valence-corrected chi connectivity index (χ3v) is 3.81. The zero-order chi connectivity index (χ0) is 15.3. The van der Waals surface area contributed by atoms with Gasteiger partial charge in [0.05, 0.1) is 17.0 Å². The minimum Gasteiger partial charge on any atom is -0.508 e. The smallest absolute Gasteiger partial charge is 0.288 e. The Labute approximate surface area is 124 Å². The van der Waals surface area contributed by atoms with Crippen LogP contribution in [0.3, 0.4) is 0 Å². The Morgan fingerprint density at radius 1 is 1.05 bits per heavy atom. The SMILES string of the molecule is O=C1NC(c2cccc(O)c2)c2c1oc1ccccc1c2=O. The molecule has 1 aliphatic rings. The van der Waals surface area contributed by atoms with Crippen molar-refractivity contribution in [2.75, 3.05) is 0 Å². The van der Waals surface area contributed by atoms with Gasteiger partial charge in [0.15, 0.2) is 5.43 Å². The number of hydrogen-bond donors (Lipinski definition) is 2. The van der Waals surface area contributed by atoms with E-state index in [9.17, 15) is 14.7 Å². The number of aromatic hydroxyl groups is 1. The molecule has 5 heteroatoms. The maximum absolute atomic E-state index is 12.7. The number of amides is 1. The van der Waals surface area contributed by atoms with Crippen molar-refractivity contribution in [1.82, 2.24) is 5.32 Å². The van der Waals surface area contributed by atoms with Gasteiger partial charge in [0.25, 0.3) is 5.91 Å². The average Bonchev–Trinajstić information content (AvgIpc) is 2.85. The van der Waals surface area contributed by atoms with E-state index < -0.39 is 11.9 Å². The minimum atomic E-state index is -0.615. The van der Waals surface area contributed by atoms with E-state index in [-0.39, 0.29) is 22.5 Å². The molecule has 3 aromatic rings. The number of fused-ring (bicyclic) bond motifs is 2. The highest BCUT2D eigenvalue weighted by Gasteiger charge is 2.35. The Morgan fingerprint density at radius 3 is 2.68 bits per heavy atom. The van der Waals surface area contributed by atoms with Crippen LogP contribution < -0.4 is 10.7 Å². The zero-order valence-electron chi connectivity index (χ0n) is 11.4. The monoisotopic (exact) mass is 293 g/mol. The van der Waals surface area contributed by atoms with E-state index in [0.717, 1.165) is 0 Å². The van der Waals surface area contributed by atoms with E-state index in [1.807, 2.05) is 0 Å². The lowest BCUT2D eigenvalue weighted by molar-refractivity contribution is 0.0938. The lowest BCUT2D eigenvalue weighted by Gasteiger charge is -2.11. The molecule has 2 heterocycles. The van der Waals surface area contributed by atoms with Gasteiger partial charge in [0.1, 0.15) is 11.3 Å². The van der Waals surface area contributed by atoms with Crippen LogP contribution in [0.4, 0.5) is 0 Å². The molecule has 0 bridgehead atoms. The number of carbonyl (C=O) groups is 1. The summed E-state index contributed by atoms with van der Waals surface area (Å²) in [6.07, 6.45) is 0. The van der Waals surface area contributed by atoms with Crippen molar-refractivity contribution in [3.8, 4) is 5.75 Å². The number of benzene rings is 2. The summed E-state index contributed by atoms with van der Waals surface area (Å²) in [6.45, 7) is 0. The Kier molecular flexibility index (Phi) is 2.56. The van der Waals surface area contributed by atoms with E-state index in [4.69, 9.17) is 4.42 Å².